The molecule has 2 fully saturated rings. The molecule has 0 aliphatic carbocycles. The first-order valence-electron chi connectivity index (χ1n) is 7.62. The van der Waals surface area contributed by atoms with Gasteiger partial charge in [-0.05, 0) is 37.8 Å². The van der Waals surface area contributed by atoms with Crippen LogP contribution in [0.1, 0.15) is 24.8 Å². The van der Waals surface area contributed by atoms with Gasteiger partial charge in [0.1, 0.15) is 11.3 Å². The minimum atomic E-state index is -0.786. The second kappa shape index (κ2) is 6.32. The number of carbonyl (C=O) groups is 2. The Morgan fingerprint density at radius 2 is 2.05 bits per heavy atom. The van der Waals surface area contributed by atoms with Crippen molar-refractivity contribution in [2.24, 2.45) is 0 Å². The first-order chi connectivity index (χ1) is 10.7. The second-order valence-corrected chi connectivity index (χ2v) is 5.69. The molecule has 3 rings (SSSR count). The van der Waals surface area contributed by atoms with Gasteiger partial charge in [-0.3, -0.25) is 4.79 Å². The van der Waals surface area contributed by atoms with Crippen LogP contribution in [0.2, 0.25) is 0 Å². The Balaban J connectivity index is 1.70. The van der Waals surface area contributed by atoms with Crippen LogP contribution < -0.4 is 5.32 Å². The highest BCUT2D eigenvalue weighted by Crippen LogP contribution is 2.26. The summed E-state index contributed by atoms with van der Waals surface area (Å²) in [5, 5.41) is 13.3. The fourth-order valence-electron chi connectivity index (χ4n) is 2.96. The van der Waals surface area contributed by atoms with E-state index in [4.69, 9.17) is 4.74 Å². The van der Waals surface area contributed by atoms with Crippen molar-refractivity contribution < 1.29 is 19.4 Å². The van der Waals surface area contributed by atoms with Crippen LogP contribution in [0.4, 0.5) is 0 Å². The lowest BCUT2D eigenvalue weighted by Crippen LogP contribution is -2.27. The van der Waals surface area contributed by atoms with Crippen LogP contribution in [-0.4, -0.2) is 35.5 Å². The number of aliphatic hydroxyl groups excluding tert-OH is 1. The number of aliphatic hydroxyl groups is 1. The van der Waals surface area contributed by atoms with E-state index in [2.05, 4.69) is 5.32 Å². The fourth-order valence-corrected chi connectivity index (χ4v) is 2.96. The molecule has 0 bridgehead atoms. The van der Waals surface area contributed by atoms with Gasteiger partial charge in [0, 0.05) is 0 Å². The van der Waals surface area contributed by atoms with Crippen molar-refractivity contribution in [3.05, 3.63) is 47.2 Å². The van der Waals surface area contributed by atoms with Crippen molar-refractivity contribution in [2.75, 3.05) is 6.54 Å². The van der Waals surface area contributed by atoms with E-state index in [1.165, 1.54) is 0 Å². The Morgan fingerprint density at radius 3 is 2.73 bits per heavy atom. The Bertz CT molecular complexity index is 602. The van der Waals surface area contributed by atoms with Gasteiger partial charge in [-0.25, -0.2) is 4.79 Å². The predicted molar refractivity (Wildman–Crippen MR) is 80.3 cm³/mol. The number of nitrogens with one attached hydrogen (secondary N) is 1. The highest BCUT2D eigenvalue weighted by molar-refractivity contribution is 6.23. The smallest absolute Gasteiger partial charge is 0.346 e. The van der Waals surface area contributed by atoms with Gasteiger partial charge in [0.15, 0.2) is 6.10 Å². The number of carbonyl (C=O) groups excluding carboxylic acids is 2. The molecule has 5 nitrogen and oxygen atoms in total. The lowest BCUT2D eigenvalue weighted by atomic mass is 10.00. The summed E-state index contributed by atoms with van der Waals surface area (Å²) in [5.74, 6) is -1.25. The minimum Gasteiger partial charge on any atom is -0.510 e. The number of hydrogen-bond donors (Lipinski definition) is 2. The molecule has 0 amide bonds. The molecule has 0 radical (unpaired) electrons. The predicted octanol–water partition coefficient (Wildman–Crippen LogP) is 1.68. The Labute approximate surface area is 129 Å². The van der Waals surface area contributed by atoms with E-state index in [0.717, 1.165) is 24.9 Å². The Morgan fingerprint density at radius 1 is 1.27 bits per heavy atom. The standard InChI is InChI=1S/C17H19NO4/c19-15(12-7-4-10-18-12)14-16(20)13(22-17(14)21)9-8-11-5-2-1-3-6-11/h1-3,5-6,12-13,18-19H,4,7-10H2/t12-,13?/m0/s1. The van der Waals surface area contributed by atoms with Crippen LogP contribution in [0.3, 0.4) is 0 Å². The summed E-state index contributed by atoms with van der Waals surface area (Å²) in [6.45, 7) is 0.780. The molecular formula is C17H19NO4. The van der Waals surface area contributed by atoms with Crippen LogP contribution in [0, 0.1) is 0 Å². The molecule has 2 heterocycles. The van der Waals surface area contributed by atoms with E-state index in [9.17, 15) is 14.7 Å². The molecule has 2 N–H and O–H groups in total. The minimum absolute atomic E-state index is 0.158. The zero-order valence-electron chi connectivity index (χ0n) is 12.2. The largest absolute Gasteiger partial charge is 0.510 e. The molecule has 0 spiro atoms. The van der Waals surface area contributed by atoms with Gasteiger partial charge in [0.05, 0.1) is 6.04 Å². The molecule has 22 heavy (non-hydrogen) atoms. The number of aryl methyl sites for hydroxylation is 1. The lowest BCUT2D eigenvalue weighted by Gasteiger charge is -2.10. The van der Waals surface area contributed by atoms with E-state index in [0.29, 0.717) is 12.8 Å². The van der Waals surface area contributed by atoms with Crippen molar-refractivity contribution in [3.8, 4) is 0 Å². The number of ether oxygens (including phenoxy) is 1. The zero-order valence-corrected chi connectivity index (χ0v) is 12.2. The molecule has 2 atom stereocenters. The molecular weight excluding hydrogens is 282 g/mol. The zero-order chi connectivity index (χ0) is 15.5. The molecule has 0 saturated carbocycles. The normalized spacial score (nSPS) is 27.1. The maximum absolute atomic E-state index is 12.3. The number of ketones is 1. The number of cyclic esters (lactones) is 1. The third-order valence-corrected chi connectivity index (χ3v) is 4.18. The lowest BCUT2D eigenvalue weighted by molar-refractivity contribution is -0.141. The molecule has 2 aliphatic heterocycles. The highest BCUT2D eigenvalue weighted by Gasteiger charge is 2.42. The van der Waals surface area contributed by atoms with Crippen molar-refractivity contribution in [1.29, 1.82) is 0 Å². The van der Waals surface area contributed by atoms with Crippen molar-refractivity contribution in [2.45, 2.75) is 37.8 Å². The number of esters is 1. The first-order valence-corrected chi connectivity index (χ1v) is 7.62. The van der Waals surface area contributed by atoms with Gasteiger partial charge in [-0.1, -0.05) is 30.3 Å². The Hall–Kier alpha value is -2.14. The monoisotopic (exact) mass is 301 g/mol. The van der Waals surface area contributed by atoms with E-state index in [-0.39, 0.29) is 17.4 Å². The summed E-state index contributed by atoms with van der Waals surface area (Å²) in [6.07, 6.45) is 1.95. The molecule has 116 valence electrons. The van der Waals surface area contributed by atoms with Crippen LogP contribution in [0.15, 0.2) is 41.7 Å². The van der Waals surface area contributed by atoms with Crippen molar-refractivity contribution in [1.82, 2.24) is 5.32 Å². The van der Waals surface area contributed by atoms with Gasteiger partial charge in [-0.15, -0.1) is 0 Å². The molecule has 1 aromatic rings. The maximum atomic E-state index is 12.3. The van der Waals surface area contributed by atoms with Gasteiger partial charge in [0.25, 0.3) is 0 Å². The quantitative estimate of drug-likeness (QED) is 0.383. The van der Waals surface area contributed by atoms with Gasteiger partial charge >= 0.3 is 5.97 Å². The summed E-state index contributed by atoms with van der Waals surface area (Å²) in [4.78, 5) is 24.3. The number of hydrogen-bond acceptors (Lipinski definition) is 5. The summed E-state index contributed by atoms with van der Waals surface area (Å²) in [6, 6.07) is 9.43. The van der Waals surface area contributed by atoms with Crippen LogP contribution in [-0.2, 0) is 20.7 Å². The third-order valence-electron chi connectivity index (χ3n) is 4.18. The van der Waals surface area contributed by atoms with E-state index < -0.39 is 17.9 Å². The molecule has 0 aromatic heterocycles. The molecule has 2 aliphatic rings. The fraction of sp³-hybridized carbons (Fsp3) is 0.412. The van der Waals surface area contributed by atoms with Gasteiger partial charge < -0.3 is 15.2 Å². The SMILES string of the molecule is O=C1OC(CCc2ccccc2)C(=O)C1=C(O)[C@@H]1CCCN1. The number of Topliss-reactive ketones (excluding diaryl/α,β-unsaturated/α-hetero) is 1. The number of rotatable bonds is 4. The topological polar surface area (TPSA) is 75.6 Å². The van der Waals surface area contributed by atoms with Crippen molar-refractivity contribution >= 4 is 11.8 Å². The summed E-state index contributed by atoms with van der Waals surface area (Å²) in [7, 11) is 0. The molecule has 1 unspecified atom stereocenters. The Kier molecular flexibility index (Phi) is 4.24. The van der Waals surface area contributed by atoms with E-state index >= 15 is 0 Å². The summed E-state index contributed by atoms with van der Waals surface area (Å²) in [5.41, 5.74) is 0.919. The van der Waals surface area contributed by atoms with E-state index in [1.54, 1.807) is 0 Å². The average Bonchev–Trinajstić information content (AvgIpc) is 3.15. The second-order valence-electron chi connectivity index (χ2n) is 5.69. The maximum Gasteiger partial charge on any atom is 0.346 e. The molecule has 2 saturated heterocycles. The van der Waals surface area contributed by atoms with E-state index in [1.807, 2.05) is 30.3 Å². The van der Waals surface area contributed by atoms with Crippen molar-refractivity contribution in [3.63, 3.8) is 0 Å². The van der Waals surface area contributed by atoms with Gasteiger partial charge in [-0.2, -0.15) is 0 Å². The van der Waals surface area contributed by atoms with Crippen LogP contribution >= 0.6 is 0 Å². The van der Waals surface area contributed by atoms with Crippen LogP contribution in [0.25, 0.3) is 0 Å². The first kappa shape index (κ1) is 14.8. The summed E-state index contributed by atoms with van der Waals surface area (Å²) >= 11 is 0. The molecule has 1 aromatic carbocycles. The third kappa shape index (κ3) is 2.90. The number of benzene rings is 1. The van der Waals surface area contributed by atoms with Gasteiger partial charge in [0.2, 0.25) is 5.78 Å². The summed E-state index contributed by atoms with van der Waals surface area (Å²) < 4.78 is 5.15. The van der Waals surface area contributed by atoms with Crippen LogP contribution in [0.5, 0.6) is 0 Å². The molecule has 5 heteroatoms. The average molecular weight is 301 g/mol. The highest BCUT2D eigenvalue weighted by atomic mass is 16.6.